The van der Waals surface area contributed by atoms with Crippen molar-refractivity contribution in [2.24, 2.45) is 0 Å². The van der Waals surface area contributed by atoms with Crippen LogP contribution in [0.4, 0.5) is 27.7 Å². The van der Waals surface area contributed by atoms with Crippen LogP contribution in [0.1, 0.15) is 45.1 Å². The summed E-state index contributed by atoms with van der Waals surface area (Å²) in [6.07, 6.45) is 4.03. The van der Waals surface area contributed by atoms with Crippen molar-refractivity contribution in [3.05, 3.63) is 42.2 Å². The minimum absolute atomic E-state index is 0.00858. The SMILES string of the molecule is C[C@H](CO)c1ccc(N2CC[C@H]2C)c2cnc(Nc3ccnc(N4CC[C@@H](O)[C@@](C)(F)C4)n3)cc12. The van der Waals surface area contributed by atoms with E-state index in [-0.39, 0.29) is 19.1 Å². The number of halogens is 1. The van der Waals surface area contributed by atoms with Gasteiger partial charge in [0.15, 0.2) is 5.67 Å². The number of pyridine rings is 1. The zero-order valence-electron chi connectivity index (χ0n) is 20.4. The Bertz CT molecular complexity index is 1220. The van der Waals surface area contributed by atoms with Gasteiger partial charge >= 0.3 is 0 Å². The number of aliphatic hydroxyl groups excluding tert-OH is 2. The lowest BCUT2D eigenvalue weighted by Gasteiger charge is -2.41. The first-order valence-corrected chi connectivity index (χ1v) is 12.3. The monoisotopic (exact) mass is 480 g/mol. The summed E-state index contributed by atoms with van der Waals surface area (Å²) in [6, 6.07) is 8.49. The zero-order chi connectivity index (χ0) is 24.7. The van der Waals surface area contributed by atoms with Crippen LogP contribution in [0.3, 0.4) is 0 Å². The van der Waals surface area contributed by atoms with E-state index in [1.165, 1.54) is 13.3 Å². The topological polar surface area (TPSA) is 97.6 Å². The summed E-state index contributed by atoms with van der Waals surface area (Å²) in [5.74, 6) is 1.59. The predicted octanol–water partition coefficient (Wildman–Crippen LogP) is 3.76. The molecular weight excluding hydrogens is 447 g/mol. The molecule has 3 N–H and O–H groups in total. The third-order valence-electron chi connectivity index (χ3n) is 7.39. The molecule has 0 spiro atoms. The van der Waals surface area contributed by atoms with Crippen molar-refractivity contribution in [2.75, 3.05) is 41.4 Å². The Balaban J connectivity index is 1.45. The summed E-state index contributed by atoms with van der Waals surface area (Å²) in [6.45, 7) is 7.26. The Hall–Kier alpha value is -3.04. The van der Waals surface area contributed by atoms with Crippen LogP contribution >= 0.6 is 0 Å². The second kappa shape index (κ2) is 9.20. The molecule has 2 aliphatic rings. The number of rotatable bonds is 6. The van der Waals surface area contributed by atoms with Gasteiger partial charge < -0.3 is 25.3 Å². The largest absolute Gasteiger partial charge is 0.396 e. The molecule has 0 amide bonds. The average Bonchev–Trinajstić information content (AvgIpc) is 2.84. The van der Waals surface area contributed by atoms with Crippen LogP contribution in [-0.4, -0.2) is 69.2 Å². The number of hydrogen-bond donors (Lipinski definition) is 3. The van der Waals surface area contributed by atoms with Crippen LogP contribution in [0.5, 0.6) is 0 Å². The molecule has 4 heterocycles. The van der Waals surface area contributed by atoms with E-state index in [4.69, 9.17) is 0 Å². The number of aromatic nitrogens is 3. The Morgan fingerprint density at radius 3 is 2.69 bits per heavy atom. The van der Waals surface area contributed by atoms with Gasteiger partial charge in [-0.3, -0.25) is 0 Å². The normalized spacial score (nSPS) is 25.4. The number of aliphatic hydroxyl groups is 2. The first-order valence-electron chi connectivity index (χ1n) is 12.3. The van der Waals surface area contributed by atoms with E-state index in [1.807, 2.05) is 19.2 Å². The first kappa shape index (κ1) is 23.7. The summed E-state index contributed by atoms with van der Waals surface area (Å²) in [5.41, 5.74) is 0.524. The Morgan fingerprint density at radius 2 is 2.00 bits per heavy atom. The highest BCUT2D eigenvalue weighted by Gasteiger charge is 2.39. The van der Waals surface area contributed by atoms with Crippen LogP contribution in [0.2, 0.25) is 0 Å². The Labute approximate surface area is 204 Å². The van der Waals surface area contributed by atoms with E-state index in [0.29, 0.717) is 36.6 Å². The number of piperidine rings is 1. The number of fused-ring (bicyclic) bond motifs is 1. The fraction of sp³-hybridized carbons (Fsp3) is 0.500. The van der Waals surface area contributed by atoms with E-state index in [1.54, 1.807) is 17.2 Å². The Kier molecular flexibility index (Phi) is 6.23. The molecule has 4 atom stereocenters. The summed E-state index contributed by atoms with van der Waals surface area (Å²) >= 11 is 0. The maximum Gasteiger partial charge on any atom is 0.227 e. The summed E-state index contributed by atoms with van der Waals surface area (Å²) in [5, 5.41) is 25.1. The zero-order valence-corrected chi connectivity index (χ0v) is 20.4. The lowest BCUT2D eigenvalue weighted by atomic mass is 9.93. The molecule has 186 valence electrons. The highest BCUT2D eigenvalue weighted by atomic mass is 19.1. The van der Waals surface area contributed by atoms with E-state index >= 15 is 0 Å². The van der Waals surface area contributed by atoms with Gasteiger partial charge in [-0.1, -0.05) is 13.0 Å². The molecule has 2 aliphatic heterocycles. The van der Waals surface area contributed by atoms with E-state index < -0.39 is 11.8 Å². The lowest BCUT2D eigenvalue weighted by molar-refractivity contribution is -0.00860. The maximum atomic E-state index is 14.7. The van der Waals surface area contributed by atoms with Crippen molar-refractivity contribution in [2.45, 2.75) is 57.3 Å². The molecule has 1 aromatic carbocycles. The van der Waals surface area contributed by atoms with Crippen LogP contribution in [0, 0.1) is 0 Å². The molecule has 0 unspecified atom stereocenters. The molecular formula is C26H33FN6O2. The molecule has 0 radical (unpaired) electrons. The second-order valence-electron chi connectivity index (χ2n) is 10.1. The number of hydrogen-bond acceptors (Lipinski definition) is 8. The third kappa shape index (κ3) is 4.50. The van der Waals surface area contributed by atoms with E-state index in [0.717, 1.165) is 28.6 Å². The van der Waals surface area contributed by atoms with Gasteiger partial charge in [0.05, 0.1) is 12.6 Å². The van der Waals surface area contributed by atoms with E-state index in [2.05, 4.69) is 44.2 Å². The molecule has 9 heteroatoms. The van der Waals surface area contributed by atoms with Crippen molar-refractivity contribution < 1.29 is 14.6 Å². The minimum atomic E-state index is -1.71. The predicted molar refractivity (Wildman–Crippen MR) is 136 cm³/mol. The van der Waals surface area contributed by atoms with Gasteiger partial charge in [-0.25, -0.2) is 14.4 Å². The van der Waals surface area contributed by atoms with Crippen LogP contribution < -0.4 is 15.1 Å². The summed E-state index contributed by atoms with van der Waals surface area (Å²) in [4.78, 5) is 17.7. The molecule has 0 aliphatic carbocycles. The van der Waals surface area contributed by atoms with Crippen molar-refractivity contribution in [1.82, 2.24) is 15.0 Å². The fourth-order valence-corrected chi connectivity index (χ4v) is 4.98. The standard InChI is InChI=1S/C26H33FN6O2/c1-16(14-34)18-4-5-21(33-11-7-17(33)2)20-13-29-24(12-19(18)20)30-23-6-9-28-25(31-23)32-10-8-22(35)26(3,27)15-32/h4-6,9,12-13,16-17,22,34-35H,7-8,10-11,14-15H2,1-3H3,(H,28,29,30,31)/t16-,17-,22-,26+/m1/s1. The van der Waals surface area contributed by atoms with Gasteiger partial charge in [0.1, 0.15) is 11.6 Å². The van der Waals surface area contributed by atoms with Crippen molar-refractivity contribution in [1.29, 1.82) is 0 Å². The highest BCUT2D eigenvalue weighted by Crippen LogP contribution is 2.37. The number of anilines is 4. The molecule has 3 aromatic rings. The summed E-state index contributed by atoms with van der Waals surface area (Å²) in [7, 11) is 0. The van der Waals surface area contributed by atoms with Gasteiger partial charge in [-0.2, -0.15) is 4.98 Å². The summed E-state index contributed by atoms with van der Waals surface area (Å²) < 4.78 is 14.7. The highest BCUT2D eigenvalue weighted by molar-refractivity contribution is 5.98. The minimum Gasteiger partial charge on any atom is -0.396 e. The molecule has 2 saturated heterocycles. The van der Waals surface area contributed by atoms with Crippen LogP contribution in [0.25, 0.3) is 10.8 Å². The average molecular weight is 481 g/mol. The van der Waals surface area contributed by atoms with Gasteiger partial charge in [0.2, 0.25) is 5.95 Å². The molecule has 2 fully saturated rings. The quantitative estimate of drug-likeness (QED) is 0.491. The smallest absolute Gasteiger partial charge is 0.227 e. The molecule has 5 rings (SSSR count). The molecule has 35 heavy (non-hydrogen) atoms. The van der Waals surface area contributed by atoms with Crippen molar-refractivity contribution in [3.63, 3.8) is 0 Å². The van der Waals surface area contributed by atoms with Crippen molar-refractivity contribution in [3.8, 4) is 0 Å². The van der Waals surface area contributed by atoms with Gasteiger partial charge in [-0.15, -0.1) is 0 Å². The van der Waals surface area contributed by atoms with Gasteiger partial charge in [0, 0.05) is 55.1 Å². The molecule has 0 saturated carbocycles. The number of nitrogens with zero attached hydrogens (tertiary/aromatic N) is 5. The lowest BCUT2D eigenvalue weighted by Crippen LogP contribution is -2.52. The maximum absolute atomic E-state index is 14.7. The number of alkyl halides is 1. The van der Waals surface area contributed by atoms with Gasteiger partial charge in [-0.05, 0) is 55.8 Å². The molecule has 2 aromatic heterocycles. The van der Waals surface area contributed by atoms with Crippen LogP contribution in [-0.2, 0) is 0 Å². The van der Waals surface area contributed by atoms with Crippen LogP contribution in [0.15, 0.2) is 36.7 Å². The van der Waals surface area contributed by atoms with Crippen molar-refractivity contribution >= 4 is 34.0 Å². The third-order valence-corrected chi connectivity index (χ3v) is 7.39. The molecule has 0 bridgehead atoms. The van der Waals surface area contributed by atoms with Gasteiger partial charge in [0.25, 0.3) is 0 Å². The first-order chi connectivity index (χ1) is 16.8. The van der Waals surface area contributed by atoms with E-state index in [9.17, 15) is 14.6 Å². The Morgan fingerprint density at radius 1 is 1.17 bits per heavy atom. The number of nitrogens with one attached hydrogen (secondary N) is 1. The fourth-order valence-electron chi connectivity index (χ4n) is 4.98. The second-order valence-corrected chi connectivity index (χ2v) is 10.1. The molecule has 8 nitrogen and oxygen atoms in total. The number of benzene rings is 1.